The van der Waals surface area contributed by atoms with Crippen molar-refractivity contribution in [2.45, 2.75) is 6.54 Å². The molecule has 0 saturated carbocycles. The molecule has 90 valence electrons. The molecule has 0 atom stereocenters. The molecule has 0 bridgehead atoms. The van der Waals surface area contributed by atoms with Gasteiger partial charge in [0.15, 0.2) is 0 Å². The van der Waals surface area contributed by atoms with Gasteiger partial charge in [-0.2, -0.15) is 0 Å². The number of benzene rings is 1. The monoisotopic (exact) mass is 276 g/mol. The summed E-state index contributed by atoms with van der Waals surface area (Å²) < 4.78 is 3.82. The Morgan fingerprint density at radius 3 is 3.11 bits per heavy atom. The number of anilines is 1. The zero-order valence-electron chi connectivity index (χ0n) is 9.30. The van der Waals surface area contributed by atoms with Crippen LogP contribution in [0.25, 0.3) is 10.9 Å². The van der Waals surface area contributed by atoms with Crippen molar-refractivity contribution in [2.75, 3.05) is 5.32 Å². The number of fused-ring (bicyclic) bond motifs is 1. The molecule has 6 heteroatoms. The number of hydrogen-bond donors (Lipinski definition) is 1. The lowest BCUT2D eigenvalue weighted by Gasteiger charge is -2.08. The van der Waals surface area contributed by atoms with Crippen molar-refractivity contribution in [2.24, 2.45) is 0 Å². The van der Waals surface area contributed by atoms with E-state index in [1.165, 1.54) is 11.5 Å². The molecule has 3 aromatic rings. The van der Waals surface area contributed by atoms with Gasteiger partial charge in [-0.05, 0) is 29.7 Å². The molecule has 0 radical (unpaired) electrons. The van der Waals surface area contributed by atoms with Crippen LogP contribution in [-0.2, 0) is 6.54 Å². The Balaban J connectivity index is 1.95. The molecule has 0 amide bonds. The van der Waals surface area contributed by atoms with Crippen LogP contribution in [0.4, 0.5) is 5.69 Å². The van der Waals surface area contributed by atoms with Gasteiger partial charge in [0.25, 0.3) is 0 Å². The average molecular weight is 277 g/mol. The molecule has 1 aromatic carbocycles. The first-order valence-electron chi connectivity index (χ1n) is 5.37. The number of halogens is 1. The maximum absolute atomic E-state index is 6.09. The first-order chi connectivity index (χ1) is 8.83. The van der Waals surface area contributed by atoms with Gasteiger partial charge in [0, 0.05) is 22.0 Å². The van der Waals surface area contributed by atoms with Crippen molar-refractivity contribution in [3.05, 3.63) is 46.6 Å². The molecule has 0 fully saturated rings. The van der Waals surface area contributed by atoms with E-state index in [1.54, 1.807) is 6.20 Å². The van der Waals surface area contributed by atoms with E-state index in [4.69, 9.17) is 11.6 Å². The van der Waals surface area contributed by atoms with Crippen LogP contribution >= 0.6 is 23.1 Å². The van der Waals surface area contributed by atoms with Crippen LogP contribution < -0.4 is 5.32 Å². The van der Waals surface area contributed by atoms with Crippen LogP contribution in [0.15, 0.2) is 35.8 Å². The summed E-state index contributed by atoms with van der Waals surface area (Å²) in [7, 11) is 0. The number of nitrogens with one attached hydrogen (secondary N) is 1. The number of nitrogens with zero attached hydrogens (tertiary/aromatic N) is 3. The molecule has 0 saturated heterocycles. The van der Waals surface area contributed by atoms with Gasteiger partial charge in [-0.1, -0.05) is 22.2 Å². The van der Waals surface area contributed by atoms with Crippen molar-refractivity contribution < 1.29 is 0 Å². The summed E-state index contributed by atoms with van der Waals surface area (Å²) in [6.07, 6.45) is 1.77. The highest BCUT2D eigenvalue weighted by molar-refractivity contribution is 7.03. The molecule has 0 aliphatic heterocycles. The second-order valence-electron chi connectivity index (χ2n) is 3.78. The molecule has 0 aliphatic carbocycles. The van der Waals surface area contributed by atoms with Crippen molar-refractivity contribution >= 4 is 39.7 Å². The van der Waals surface area contributed by atoms with Gasteiger partial charge < -0.3 is 5.32 Å². The van der Waals surface area contributed by atoms with Crippen LogP contribution in [0.2, 0.25) is 5.02 Å². The van der Waals surface area contributed by atoms with Gasteiger partial charge in [-0.15, -0.1) is 5.10 Å². The van der Waals surface area contributed by atoms with Gasteiger partial charge in [0.05, 0.1) is 23.4 Å². The lowest BCUT2D eigenvalue weighted by molar-refractivity contribution is 0.999. The van der Waals surface area contributed by atoms with E-state index in [2.05, 4.69) is 19.9 Å². The highest BCUT2D eigenvalue weighted by Crippen LogP contribution is 2.26. The van der Waals surface area contributed by atoms with Gasteiger partial charge in [0.2, 0.25) is 0 Å². The number of pyridine rings is 1. The average Bonchev–Trinajstić information content (AvgIpc) is 2.89. The summed E-state index contributed by atoms with van der Waals surface area (Å²) in [5.41, 5.74) is 2.72. The van der Waals surface area contributed by atoms with E-state index in [0.717, 1.165) is 22.3 Å². The lowest BCUT2D eigenvalue weighted by atomic mass is 10.2. The van der Waals surface area contributed by atoms with Gasteiger partial charge in [-0.3, -0.25) is 4.98 Å². The summed E-state index contributed by atoms with van der Waals surface area (Å²) in [6, 6.07) is 7.66. The predicted octanol–water partition coefficient (Wildman–Crippen LogP) is 3.35. The third-order valence-electron chi connectivity index (χ3n) is 2.53. The van der Waals surface area contributed by atoms with E-state index in [0.29, 0.717) is 11.6 Å². The third kappa shape index (κ3) is 2.27. The zero-order chi connectivity index (χ0) is 12.4. The Labute approximate surface area is 113 Å². The lowest BCUT2D eigenvalue weighted by Crippen LogP contribution is -2.01. The first-order valence-corrected chi connectivity index (χ1v) is 6.58. The van der Waals surface area contributed by atoms with Crippen molar-refractivity contribution in [1.29, 1.82) is 0 Å². The highest BCUT2D eigenvalue weighted by Gasteiger charge is 2.05. The largest absolute Gasteiger partial charge is 0.377 e. The molecule has 18 heavy (non-hydrogen) atoms. The minimum atomic E-state index is 0.614. The fourth-order valence-electron chi connectivity index (χ4n) is 1.74. The van der Waals surface area contributed by atoms with Crippen LogP contribution in [0.3, 0.4) is 0 Å². The topological polar surface area (TPSA) is 50.7 Å². The molecule has 2 heterocycles. The number of aromatic nitrogens is 3. The van der Waals surface area contributed by atoms with E-state index < -0.39 is 0 Å². The van der Waals surface area contributed by atoms with Crippen molar-refractivity contribution in [1.82, 2.24) is 14.6 Å². The summed E-state index contributed by atoms with van der Waals surface area (Å²) in [5, 5.41) is 10.9. The van der Waals surface area contributed by atoms with E-state index in [-0.39, 0.29) is 0 Å². The van der Waals surface area contributed by atoms with Gasteiger partial charge in [-0.25, -0.2) is 0 Å². The molecule has 3 rings (SSSR count). The Hall–Kier alpha value is -1.72. The zero-order valence-corrected chi connectivity index (χ0v) is 10.9. The van der Waals surface area contributed by atoms with Crippen LogP contribution in [0, 0.1) is 0 Å². The highest BCUT2D eigenvalue weighted by atomic mass is 35.5. The van der Waals surface area contributed by atoms with Crippen LogP contribution in [0.5, 0.6) is 0 Å². The summed E-state index contributed by atoms with van der Waals surface area (Å²) in [6.45, 7) is 0.614. The molecule has 0 aliphatic rings. The third-order valence-corrected chi connectivity index (χ3v) is 3.31. The molecular formula is C12H9ClN4S. The molecule has 1 N–H and O–H groups in total. The normalized spacial score (nSPS) is 10.7. The Morgan fingerprint density at radius 1 is 1.33 bits per heavy atom. The summed E-state index contributed by atoms with van der Waals surface area (Å²) >= 11 is 7.43. The minimum absolute atomic E-state index is 0.614. The van der Waals surface area contributed by atoms with Gasteiger partial charge >= 0.3 is 0 Å². The summed E-state index contributed by atoms with van der Waals surface area (Å²) in [5.74, 6) is 0. The Morgan fingerprint density at radius 2 is 2.28 bits per heavy atom. The maximum Gasteiger partial charge on any atom is 0.0946 e. The SMILES string of the molecule is Clc1cc(NCc2csnn2)c2ncccc2c1. The quantitative estimate of drug-likeness (QED) is 0.797. The van der Waals surface area contributed by atoms with E-state index >= 15 is 0 Å². The fourth-order valence-corrected chi connectivity index (χ4v) is 2.42. The minimum Gasteiger partial charge on any atom is -0.377 e. The smallest absolute Gasteiger partial charge is 0.0946 e. The van der Waals surface area contributed by atoms with Gasteiger partial charge in [0.1, 0.15) is 0 Å². The molecule has 0 unspecified atom stereocenters. The van der Waals surface area contributed by atoms with Crippen LogP contribution in [-0.4, -0.2) is 14.6 Å². The first kappa shape index (κ1) is 11.4. The maximum atomic E-state index is 6.09. The van der Waals surface area contributed by atoms with E-state index in [9.17, 15) is 0 Å². The standard InChI is InChI=1S/C12H9ClN4S/c13-9-4-8-2-1-3-14-12(8)11(5-9)15-6-10-7-18-17-16-10/h1-5,7,15H,6H2. The van der Waals surface area contributed by atoms with Crippen molar-refractivity contribution in [3.8, 4) is 0 Å². The van der Waals surface area contributed by atoms with E-state index in [1.807, 2.05) is 29.6 Å². The Bertz CT molecular complexity index is 669. The molecular weight excluding hydrogens is 268 g/mol. The number of rotatable bonds is 3. The second-order valence-corrected chi connectivity index (χ2v) is 4.82. The molecule has 4 nitrogen and oxygen atoms in total. The molecule has 0 spiro atoms. The number of hydrogen-bond acceptors (Lipinski definition) is 5. The van der Waals surface area contributed by atoms with Crippen molar-refractivity contribution in [3.63, 3.8) is 0 Å². The summed E-state index contributed by atoms with van der Waals surface area (Å²) in [4.78, 5) is 4.37. The van der Waals surface area contributed by atoms with Crippen LogP contribution in [0.1, 0.15) is 5.69 Å². The predicted molar refractivity (Wildman–Crippen MR) is 74.0 cm³/mol. The molecule has 2 aromatic heterocycles. The second kappa shape index (κ2) is 4.88. The fraction of sp³-hybridized carbons (Fsp3) is 0.0833. The Kier molecular flexibility index (Phi) is 3.08.